The highest BCUT2D eigenvalue weighted by Gasteiger charge is 2.22. The van der Waals surface area contributed by atoms with Crippen LogP contribution in [0.5, 0.6) is 0 Å². The third-order valence-electron chi connectivity index (χ3n) is 3.38. The number of nitro groups is 1. The molecule has 1 heterocycles. The number of rotatable bonds is 5. The van der Waals surface area contributed by atoms with Gasteiger partial charge in [0.25, 0.3) is 5.69 Å². The van der Waals surface area contributed by atoms with Gasteiger partial charge in [-0.2, -0.15) is 0 Å². The van der Waals surface area contributed by atoms with Gasteiger partial charge in [0, 0.05) is 32.8 Å². The van der Waals surface area contributed by atoms with Crippen molar-refractivity contribution >= 4 is 11.4 Å². The first-order valence-electron chi connectivity index (χ1n) is 6.13. The van der Waals surface area contributed by atoms with Crippen molar-refractivity contribution < 1.29 is 9.66 Å². The molecule has 0 bridgehead atoms. The first-order chi connectivity index (χ1) is 9.13. The highest BCUT2D eigenvalue weighted by atomic mass is 16.6. The van der Waals surface area contributed by atoms with E-state index in [1.54, 1.807) is 19.2 Å². The summed E-state index contributed by atoms with van der Waals surface area (Å²) in [4.78, 5) is 12.6. The zero-order valence-corrected chi connectivity index (χ0v) is 10.8. The molecule has 1 aromatic rings. The Morgan fingerprint density at radius 1 is 1.63 bits per heavy atom. The van der Waals surface area contributed by atoms with Gasteiger partial charge in [-0.05, 0) is 18.1 Å². The number of hydrazine groups is 1. The predicted molar refractivity (Wildman–Crippen MR) is 71.6 cm³/mol. The molecular formula is C12H18N4O3. The van der Waals surface area contributed by atoms with E-state index in [0.29, 0.717) is 5.69 Å². The van der Waals surface area contributed by atoms with Gasteiger partial charge < -0.3 is 10.2 Å². The van der Waals surface area contributed by atoms with E-state index in [-0.39, 0.29) is 11.8 Å². The topological polar surface area (TPSA) is 93.7 Å². The molecule has 1 saturated heterocycles. The second kappa shape index (κ2) is 5.96. The predicted octanol–water partition coefficient (Wildman–Crippen LogP) is 1.10. The first-order valence-corrected chi connectivity index (χ1v) is 6.13. The monoisotopic (exact) mass is 266 g/mol. The van der Waals surface area contributed by atoms with Gasteiger partial charge in [0.1, 0.15) is 5.69 Å². The highest BCUT2D eigenvalue weighted by Crippen LogP contribution is 2.25. The summed E-state index contributed by atoms with van der Waals surface area (Å²) in [6.07, 6.45) is 1.30. The summed E-state index contributed by atoms with van der Waals surface area (Å²) in [6.45, 7) is 2.60. The first kappa shape index (κ1) is 13.7. The number of nitrogen functional groups attached to an aromatic ring is 1. The molecule has 1 unspecified atom stereocenters. The van der Waals surface area contributed by atoms with Crippen LogP contribution in [0.3, 0.4) is 0 Å². The molecule has 1 aliphatic rings. The van der Waals surface area contributed by atoms with Gasteiger partial charge in [-0.1, -0.05) is 6.07 Å². The molecule has 1 aromatic carbocycles. The Bertz CT molecular complexity index is 466. The van der Waals surface area contributed by atoms with E-state index in [1.807, 2.05) is 0 Å². The second-order valence-electron chi connectivity index (χ2n) is 4.63. The average molecular weight is 266 g/mol. The Morgan fingerprint density at radius 3 is 3.00 bits per heavy atom. The zero-order valence-electron chi connectivity index (χ0n) is 10.8. The Morgan fingerprint density at radius 2 is 2.42 bits per heavy atom. The van der Waals surface area contributed by atoms with Crippen molar-refractivity contribution in [2.24, 2.45) is 5.84 Å². The molecule has 0 aromatic heterocycles. The van der Waals surface area contributed by atoms with Crippen molar-refractivity contribution in [2.75, 3.05) is 25.6 Å². The van der Waals surface area contributed by atoms with Crippen molar-refractivity contribution in [2.45, 2.75) is 19.1 Å². The minimum Gasteiger partial charge on any atom is -0.380 e. The molecule has 3 N–H and O–H groups in total. The smallest absolute Gasteiger partial charge is 0.293 e. The standard InChI is InChI=1S/C12H18N4O3/c1-19-10-4-5-15(8-10)7-9-2-3-12(16(17)18)11(6-9)14-13/h2-3,6,10,14H,4-5,7-8,13H2,1H3. The lowest BCUT2D eigenvalue weighted by Gasteiger charge is -2.16. The van der Waals surface area contributed by atoms with Crippen LogP contribution in [0.15, 0.2) is 18.2 Å². The van der Waals surface area contributed by atoms with Gasteiger partial charge in [0.2, 0.25) is 0 Å². The summed E-state index contributed by atoms with van der Waals surface area (Å²) < 4.78 is 5.31. The van der Waals surface area contributed by atoms with E-state index in [9.17, 15) is 10.1 Å². The number of likely N-dealkylation sites (tertiary alicyclic amines) is 1. The second-order valence-corrected chi connectivity index (χ2v) is 4.63. The lowest BCUT2D eigenvalue weighted by atomic mass is 10.1. The largest absolute Gasteiger partial charge is 0.380 e. The van der Waals surface area contributed by atoms with E-state index in [2.05, 4.69) is 10.3 Å². The number of benzene rings is 1. The summed E-state index contributed by atoms with van der Waals surface area (Å²) >= 11 is 0. The van der Waals surface area contributed by atoms with Crippen LogP contribution < -0.4 is 11.3 Å². The molecular weight excluding hydrogens is 248 g/mol. The van der Waals surface area contributed by atoms with Crippen LogP contribution in [0.2, 0.25) is 0 Å². The van der Waals surface area contributed by atoms with E-state index < -0.39 is 4.92 Å². The van der Waals surface area contributed by atoms with Crippen molar-refractivity contribution in [1.82, 2.24) is 4.90 Å². The molecule has 104 valence electrons. The van der Waals surface area contributed by atoms with Crippen LogP contribution in [0.4, 0.5) is 11.4 Å². The molecule has 0 aliphatic carbocycles. The Labute approximate surface area is 111 Å². The number of nitro benzene ring substituents is 1. The van der Waals surface area contributed by atoms with E-state index in [1.165, 1.54) is 6.07 Å². The molecule has 19 heavy (non-hydrogen) atoms. The van der Waals surface area contributed by atoms with Crippen LogP contribution in [0.1, 0.15) is 12.0 Å². The number of nitrogens with zero attached hydrogens (tertiary/aromatic N) is 2. The normalized spacial score (nSPS) is 19.6. The Balaban J connectivity index is 2.07. The van der Waals surface area contributed by atoms with Crippen LogP contribution in [-0.2, 0) is 11.3 Å². The maximum absolute atomic E-state index is 10.8. The minimum absolute atomic E-state index is 0.0116. The fourth-order valence-electron chi connectivity index (χ4n) is 2.35. The van der Waals surface area contributed by atoms with Crippen molar-refractivity contribution in [1.29, 1.82) is 0 Å². The Kier molecular flexibility index (Phi) is 4.31. The van der Waals surface area contributed by atoms with Gasteiger partial charge in [0.05, 0.1) is 11.0 Å². The van der Waals surface area contributed by atoms with E-state index in [0.717, 1.165) is 31.6 Å². The molecule has 2 rings (SSSR count). The summed E-state index contributed by atoms with van der Waals surface area (Å²) in [5, 5.41) is 10.8. The maximum atomic E-state index is 10.8. The molecule has 0 saturated carbocycles. The van der Waals surface area contributed by atoms with Crippen LogP contribution in [0, 0.1) is 10.1 Å². The van der Waals surface area contributed by atoms with Crippen LogP contribution in [0.25, 0.3) is 0 Å². The number of anilines is 1. The fourth-order valence-corrected chi connectivity index (χ4v) is 2.35. The maximum Gasteiger partial charge on any atom is 0.293 e. The van der Waals surface area contributed by atoms with Gasteiger partial charge in [-0.3, -0.25) is 20.9 Å². The molecule has 7 nitrogen and oxygen atoms in total. The fraction of sp³-hybridized carbons (Fsp3) is 0.500. The van der Waals surface area contributed by atoms with E-state index in [4.69, 9.17) is 10.6 Å². The molecule has 1 aliphatic heterocycles. The van der Waals surface area contributed by atoms with Crippen molar-refractivity contribution in [3.05, 3.63) is 33.9 Å². The molecule has 1 atom stereocenters. The van der Waals surface area contributed by atoms with Crippen LogP contribution >= 0.6 is 0 Å². The number of hydrogen-bond donors (Lipinski definition) is 2. The highest BCUT2D eigenvalue weighted by molar-refractivity contribution is 5.62. The molecule has 0 amide bonds. The number of nitrogens with two attached hydrogens (primary N) is 1. The van der Waals surface area contributed by atoms with Gasteiger partial charge in [0.15, 0.2) is 0 Å². The summed E-state index contributed by atoms with van der Waals surface area (Å²) in [5.74, 6) is 5.32. The van der Waals surface area contributed by atoms with Crippen molar-refractivity contribution in [3.63, 3.8) is 0 Å². The number of ether oxygens (including phenoxy) is 1. The minimum atomic E-state index is -0.449. The van der Waals surface area contributed by atoms with Gasteiger partial charge >= 0.3 is 0 Å². The number of methoxy groups -OCH3 is 1. The lowest BCUT2D eigenvalue weighted by molar-refractivity contribution is -0.384. The zero-order chi connectivity index (χ0) is 13.8. The molecule has 0 spiro atoms. The third kappa shape index (κ3) is 3.19. The summed E-state index contributed by atoms with van der Waals surface area (Å²) in [5.41, 5.74) is 3.70. The number of nitrogens with one attached hydrogen (secondary N) is 1. The van der Waals surface area contributed by atoms with Gasteiger partial charge in [-0.25, -0.2) is 0 Å². The molecule has 1 fully saturated rings. The molecule has 0 radical (unpaired) electrons. The lowest BCUT2D eigenvalue weighted by Crippen LogP contribution is -2.22. The van der Waals surface area contributed by atoms with Gasteiger partial charge in [-0.15, -0.1) is 0 Å². The van der Waals surface area contributed by atoms with Crippen molar-refractivity contribution in [3.8, 4) is 0 Å². The SMILES string of the molecule is COC1CCN(Cc2ccc([N+](=O)[O-])c(NN)c2)C1. The Hall–Kier alpha value is -1.70. The number of hydrogen-bond acceptors (Lipinski definition) is 6. The summed E-state index contributed by atoms with van der Waals surface area (Å²) in [6, 6.07) is 4.96. The third-order valence-corrected chi connectivity index (χ3v) is 3.38. The summed E-state index contributed by atoms with van der Waals surface area (Å²) in [7, 11) is 1.72. The van der Waals surface area contributed by atoms with Crippen LogP contribution in [-0.4, -0.2) is 36.1 Å². The quantitative estimate of drug-likeness (QED) is 0.471. The van der Waals surface area contributed by atoms with E-state index >= 15 is 0 Å². The average Bonchev–Trinajstić information content (AvgIpc) is 2.86. The molecule has 7 heteroatoms.